The average molecular weight is 295 g/mol. The van der Waals surface area contributed by atoms with E-state index in [4.69, 9.17) is 0 Å². The van der Waals surface area contributed by atoms with Crippen molar-refractivity contribution in [3.63, 3.8) is 0 Å². The molecule has 1 aliphatic heterocycles. The highest BCUT2D eigenvalue weighted by Crippen LogP contribution is 2.27. The third-order valence-electron chi connectivity index (χ3n) is 4.04. The van der Waals surface area contributed by atoms with Gasteiger partial charge >= 0.3 is 5.97 Å². The van der Waals surface area contributed by atoms with Crippen molar-refractivity contribution in [1.82, 2.24) is 4.90 Å². The summed E-state index contributed by atoms with van der Waals surface area (Å²) in [6, 6.07) is 16.3. The zero-order valence-electron chi connectivity index (χ0n) is 12.1. The van der Waals surface area contributed by atoms with Crippen molar-refractivity contribution in [3.05, 3.63) is 60.2 Å². The van der Waals surface area contributed by atoms with Crippen molar-refractivity contribution in [2.24, 2.45) is 0 Å². The van der Waals surface area contributed by atoms with E-state index in [9.17, 15) is 14.7 Å². The molecule has 0 saturated carbocycles. The van der Waals surface area contributed by atoms with Gasteiger partial charge in [0.2, 0.25) is 0 Å². The average Bonchev–Trinajstić information content (AvgIpc) is 3.05. The number of aliphatic carboxylic acids is 1. The van der Waals surface area contributed by atoms with Gasteiger partial charge in [0, 0.05) is 12.1 Å². The molecule has 0 radical (unpaired) electrons. The number of nitrogens with zero attached hydrogens (tertiary/aromatic N) is 1. The van der Waals surface area contributed by atoms with Gasteiger partial charge in [0.25, 0.3) is 5.91 Å². The maximum Gasteiger partial charge on any atom is 0.326 e. The summed E-state index contributed by atoms with van der Waals surface area (Å²) in [7, 11) is 0. The molecule has 1 amide bonds. The number of carbonyl (C=O) groups excluding carboxylic acids is 1. The van der Waals surface area contributed by atoms with E-state index in [0.717, 1.165) is 17.5 Å². The van der Waals surface area contributed by atoms with Gasteiger partial charge in [0.05, 0.1) is 0 Å². The predicted octanol–water partition coefficient (Wildman–Crippen LogP) is 3.04. The van der Waals surface area contributed by atoms with Gasteiger partial charge in [-0.25, -0.2) is 4.79 Å². The lowest BCUT2D eigenvalue weighted by Crippen LogP contribution is -2.40. The molecule has 0 aromatic heterocycles. The number of carboxylic acids is 1. The van der Waals surface area contributed by atoms with E-state index in [1.165, 1.54) is 4.90 Å². The van der Waals surface area contributed by atoms with Crippen molar-refractivity contribution in [2.75, 3.05) is 6.54 Å². The molecule has 1 aliphatic rings. The maximum atomic E-state index is 12.8. The fourth-order valence-electron chi connectivity index (χ4n) is 2.96. The summed E-state index contributed by atoms with van der Waals surface area (Å²) in [5, 5.41) is 9.27. The smallest absolute Gasteiger partial charge is 0.326 e. The first kappa shape index (κ1) is 14.3. The summed E-state index contributed by atoms with van der Waals surface area (Å²) in [5.41, 5.74) is 2.35. The Kier molecular flexibility index (Phi) is 3.92. The Morgan fingerprint density at radius 3 is 2.41 bits per heavy atom. The van der Waals surface area contributed by atoms with E-state index in [1.54, 1.807) is 6.07 Å². The lowest BCUT2D eigenvalue weighted by atomic mass is 9.98. The van der Waals surface area contributed by atoms with Gasteiger partial charge in [-0.1, -0.05) is 48.5 Å². The molecule has 0 bridgehead atoms. The largest absolute Gasteiger partial charge is 0.480 e. The summed E-state index contributed by atoms with van der Waals surface area (Å²) in [4.78, 5) is 25.6. The third-order valence-corrected chi connectivity index (χ3v) is 4.04. The fraction of sp³-hybridized carbons (Fsp3) is 0.222. The third kappa shape index (κ3) is 2.60. The van der Waals surface area contributed by atoms with Crippen LogP contribution in [0.1, 0.15) is 23.2 Å². The van der Waals surface area contributed by atoms with Crippen LogP contribution < -0.4 is 0 Å². The van der Waals surface area contributed by atoms with Crippen LogP contribution in [0, 0.1) is 0 Å². The molecule has 1 N–H and O–H groups in total. The Hall–Kier alpha value is -2.62. The summed E-state index contributed by atoms with van der Waals surface area (Å²) >= 11 is 0. The second kappa shape index (κ2) is 6.02. The Labute approximate surface area is 129 Å². The van der Waals surface area contributed by atoms with Gasteiger partial charge in [-0.2, -0.15) is 0 Å². The molecule has 2 aromatic carbocycles. The Morgan fingerprint density at radius 1 is 1.00 bits per heavy atom. The van der Waals surface area contributed by atoms with Crippen molar-refractivity contribution < 1.29 is 14.7 Å². The maximum absolute atomic E-state index is 12.8. The molecule has 3 rings (SSSR count). The Balaban J connectivity index is 1.99. The number of benzene rings is 2. The number of amides is 1. The van der Waals surface area contributed by atoms with E-state index < -0.39 is 12.0 Å². The minimum Gasteiger partial charge on any atom is -0.480 e. The van der Waals surface area contributed by atoms with Crippen molar-refractivity contribution in [2.45, 2.75) is 18.9 Å². The predicted molar refractivity (Wildman–Crippen MR) is 83.6 cm³/mol. The molecular formula is C18H17NO3. The number of carboxylic acid groups (broad SMARTS) is 1. The minimum absolute atomic E-state index is 0.204. The quantitative estimate of drug-likeness (QED) is 0.947. The number of hydrogen-bond donors (Lipinski definition) is 1. The standard InChI is InChI=1S/C18H17NO3/c20-17(19-12-6-11-16(19)18(21)22)15-10-5-4-9-14(15)13-7-2-1-3-8-13/h1-5,7-10,16H,6,11-12H2,(H,21,22)/t16-/m1/s1. The number of hydrogen-bond acceptors (Lipinski definition) is 2. The summed E-state index contributed by atoms with van der Waals surface area (Å²) in [6.45, 7) is 0.499. The first-order valence-electron chi connectivity index (χ1n) is 7.36. The highest BCUT2D eigenvalue weighted by atomic mass is 16.4. The van der Waals surface area contributed by atoms with Gasteiger partial charge in [0.1, 0.15) is 6.04 Å². The molecule has 22 heavy (non-hydrogen) atoms. The summed E-state index contributed by atoms with van der Waals surface area (Å²) in [5.74, 6) is -1.13. The van der Waals surface area contributed by atoms with Crippen LogP contribution in [0.25, 0.3) is 11.1 Å². The van der Waals surface area contributed by atoms with Crippen LogP contribution in [0.4, 0.5) is 0 Å². The van der Waals surface area contributed by atoms with Gasteiger partial charge in [-0.05, 0) is 30.0 Å². The normalized spacial score (nSPS) is 17.5. The van der Waals surface area contributed by atoms with Gasteiger partial charge in [-0.15, -0.1) is 0 Å². The number of carbonyl (C=O) groups is 2. The molecule has 4 heteroatoms. The molecule has 1 saturated heterocycles. The molecule has 0 spiro atoms. The van der Waals surface area contributed by atoms with E-state index in [-0.39, 0.29) is 5.91 Å². The molecular weight excluding hydrogens is 278 g/mol. The van der Waals surface area contributed by atoms with Crippen LogP contribution >= 0.6 is 0 Å². The van der Waals surface area contributed by atoms with Crippen LogP contribution in [-0.2, 0) is 4.79 Å². The minimum atomic E-state index is -0.928. The highest BCUT2D eigenvalue weighted by Gasteiger charge is 2.35. The number of rotatable bonds is 3. The second-order valence-corrected chi connectivity index (χ2v) is 5.41. The van der Waals surface area contributed by atoms with Crippen molar-refractivity contribution >= 4 is 11.9 Å². The van der Waals surface area contributed by atoms with Crippen LogP contribution in [0.3, 0.4) is 0 Å². The van der Waals surface area contributed by atoms with Crippen molar-refractivity contribution in [3.8, 4) is 11.1 Å². The van der Waals surface area contributed by atoms with Gasteiger partial charge in [-0.3, -0.25) is 4.79 Å². The van der Waals surface area contributed by atoms with Crippen LogP contribution in [0.15, 0.2) is 54.6 Å². The lowest BCUT2D eigenvalue weighted by molar-refractivity contribution is -0.141. The molecule has 112 valence electrons. The van der Waals surface area contributed by atoms with Gasteiger partial charge in [0.15, 0.2) is 0 Å². The summed E-state index contributed by atoms with van der Waals surface area (Å²) in [6.07, 6.45) is 1.25. The molecule has 4 nitrogen and oxygen atoms in total. The molecule has 1 heterocycles. The lowest BCUT2D eigenvalue weighted by Gasteiger charge is -2.22. The first-order chi connectivity index (χ1) is 10.7. The highest BCUT2D eigenvalue weighted by molar-refractivity contribution is 6.02. The zero-order valence-corrected chi connectivity index (χ0v) is 12.1. The SMILES string of the molecule is O=C(O)[C@H]1CCCN1C(=O)c1ccccc1-c1ccccc1. The topological polar surface area (TPSA) is 57.6 Å². The Bertz CT molecular complexity index is 696. The van der Waals surface area contributed by atoms with Crippen LogP contribution in [-0.4, -0.2) is 34.5 Å². The Morgan fingerprint density at radius 2 is 1.68 bits per heavy atom. The van der Waals surface area contributed by atoms with E-state index in [2.05, 4.69) is 0 Å². The first-order valence-corrected chi connectivity index (χ1v) is 7.36. The summed E-state index contributed by atoms with van der Waals surface area (Å²) < 4.78 is 0. The molecule has 1 fully saturated rings. The molecule has 0 aliphatic carbocycles. The van der Waals surface area contributed by atoms with Gasteiger partial charge < -0.3 is 10.0 Å². The second-order valence-electron chi connectivity index (χ2n) is 5.41. The number of likely N-dealkylation sites (tertiary alicyclic amines) is 1. The molecule has 2 aromatic rings. The molecule has 0 unspecified atom stereocenters. The zero-order chi connectivity index (χ0) is 15.5. The molecule has 1 atom stereocenters. The van der Waals surface area contributed by atoms with E-state index >= 15 is 0 Å². The van der Waals surface area contributed by atoms with Crippen LogP contribution in [0.5, 0.6) is 0 Å². The van der Waals surface area contributed by atoms with E-state index in [1.807, 2.05) is 48.5 Å². The monoisotopic (exact) mass is 295 g/mol. The van der Waals surface area contributed by atoms with Crippen molar-refractivity contribution in [1.29, 1.82) is 0 Å². The van der Waals surface area contributed by atoms with E-state index in [0.29, 0.717) is 18.5 Å². The fourth-order valence-corrected chi connectivity index (χ4v) is 2.96. The van der Waals surface area contributed by atoms with Crippen LogP contribution in [0.2, 0.25) is 0 Å².